The molecule has 0 aromatic heterocycles. The van der Waals surface area contributed by atoms with Crippen LogP contribution in [0, 0.1) is 11.8 Å². The van der Waals surface area contributed by atoms with Gasteiger partial charge in [0.25, 0.3) is 0 Å². The summed E-state index contributed by atoms with van der Waals surface area (Å²) in [7, 11) is 0. The fourth-order valence-corrected chi connectivity index (χ4v) is 1.97. The second-order valence-electron chi connectivity index (χ2n) is 3.41. The van der Waals surface area contributed by atoms with Gasteiger partial charge in [-0.25, -0.2) is 0 Å². The Kier molecular flexibility index (Phi) is 1.45. The van der Waals surface area contributed by atoms with Gasteiger partial charge < -0.3 is 0 Å². The summed E-state index contributed by atoms with van der Waals surface area (Å²) in [5.41, 5.74) is 1.05. The summed E-state index contributed by atoms with van der Waals surface area (Å²) in [5.74, 6) is 1.25. The first-order valence-electron chi connectivity index (χ1n) is 4.18. The molecular weight excluding hydrogens is 136 g/mol. The minimum Gasteiger partial charge on any atom is -0.295 e. The van der Waals surface area contributed by atoms with Gasteiger partial charge in [0.1, 0.15) is 0 Å². The third-order valence-corrected chi connectivity index (χ3v) is 2.60. The van der Waals surface area contributed by atoms with Crippen LogP contribution in [-0.4, -0.2) is 5.78 Å². The van der Waals surface area contributed by atoms with Crippen LogP contribution in [0.15, 0.2) is 23.8 Å². The maximum atomic E-state index is 11.1. The Bertz CT molecular complexity index is 248. The van der Waals surface area contributed by atoms with Crippen molar-refractivity contribution in [2.45, 2.75) is 19.8 Å². The molecule has 0 amide bonds. The number of ketones is 1. The lowest BCUT2D eigenvalue weighted by Crippen LogP contribution is -2.20. The Morgan fingerprint density at radius 1 is 1.45 bits per heavy atom. The number of rotatable bonds is 1. The fourth-order valence-electron chi connectivity index (χ4n) is 1.97. The molecule has 0 spiro atoms. The van der Waals surface area contributed by atoms with Crippen LogP contribution in [0.1, 0.15) is 19.8 Å². The van der Waals surface area contributed by atoms with Crippen molar-refractivity contribution in [3.05, 3.63) is 23.8 Å². The number of hydrogen-bond acceptors (Lipinski definition) is 1. The molecule has 0 saturated carbocycles. The molecule has 0 fully saturated rings. The van der Waals surface area contributed by atoms with Crippen molar-refractivity contribution in [2.75, 3.05) is 0 Å². The number of allylic oxidation sites excluding steroid dienone is 4. The summed E-state index contributed by atoms with van der Waals surface area (Å²) in [4.78, 5) is 11.1. The Balaban J connectivity index is 2.31. The molecule has 2 bridgehead atoms. The van der Waals surface area contributed by atoms with E-state index in [0.29, 0.717) is 11.8 Å². The second kappa shape index (κ2) is 2.33. The average Bonchev–Trinajstić information content (AvgIpc) is 2.06. The molecule has 0 aromatic rings. The molecule has 3 aliphatic carbocycles. The Morgan fingerprint density at radius 2 is 2.27 bits per heavy atom. The molecule has 0 radical (unpaired) electrons. The predicted molar refractivity (Wildman–Crippen MR) is 44.1 cm³/mol. The Hall–Kier alpha value is -0.850. The molecule has 0 saturated heterocycles. The molecule has 2 atom stereocenters. The first-order chi connectivity index (χ1) is 5.27. The summed E-state index contributed by atoms with van der Waals surface area (Å²) in [6, 6.07) is 0. The highest BCUT2D eigenvalue weighted by Crippen LogP contribution is 2.35. The van der Waals surface area contributed by atoms with Gasteiger partial charge in [-0.2, -0.15) is 0 Å². The van der Waals surface area contributed by atoms with Crippen LogP contribution in [0.5, 0.6) is 0 Å². The van der Waals surface area contributed by atoms with Gasteiger partial charge in [0.15, 0.2) is 5.78 Å². The van der Waals surface area contributed by atoms with Crippen molar-refractivity contribution in [3.63, 3.8) is 0 Å². The van der Waals surface area contributed by atoms with Gasteiger partial charge in [-0.1, -0.05) is 18.2 Å². The van der Waals surface area contributed by atoms with Crippen molar-refractivity contribution in [2.24, 2.45) is 11.8 Å². The van der Waals surface area contributed by atoms with E-state index < -0.39 is 0 Å². The molecule has 11 heavy (non-hydrogen) atoms. The second-order valence-corrected chi connectivity index (χ2v) is 3.41. The van der Waals surface area contributed by atoms with Crippen LogP contribution in [0.4, 0.5) is 0 Å². The maximum Gasteiger partial charge on any atom is 0.156 e. The average molecular weight is 148 g/mol. The summed E-state index contributed by atoms with van der Waals surface area (Å²) in [5, 5.41) is 0. The SMILES string of the molecule is CC(=O)C1=CC2C=CC1CC2. The predicted octanol–water partition coefficient (Wildman–Crippen LogP) is 2.10. The Morgan fingerprint density at radius 3 is 2.55 bits per heavy atom. The lowest BCUT2D eigenvalue weighted by molar-refractivity contribution is -0.114. The molecule has 0 heterocycles. The van der Waals surface area contributed by atoms with Crippen molar-refractivity contribution < 1.29 is 4.79 Å². The van der Waals surface area contributed by atoms with E-state index in [9.17, 15) is 4.79 Å². The van der Waals surface area contributed by atoms with Crippen LogP contribution < -0.4 is 0 Å². The topological polar surface area (TPSA) is 17.1 Å². The highest BCUT2D eigenvalue weighted by atomic mass is 16.1. The smallest absolute Gasteiger partial charge is 0.156 e. The van der Waals surface area contributed by atoms with Gasteiger partial charge in [-0.3, -0.25) is 4.79 Å². The van der Waals surface area contributed by atoms with Crippen LogP contribution in [0.3, 0.4) is 0 Å². The number of Topliss-reactive ketones (excluding diaryl/α,β-unsaturated/α-hetero) is 1. The molecule has 1 nitrogen and oxygen atoms in total. The van der Waals surface area contributed by atoms with Gasteiger partial charge in [-0.05, 0) is 31.3 Å². The highest BCUT2D eigenvalue weighted by molar-refractivity contribution is 5.94. The van der Waals surface area contributed by atoms with E-state index >= 15 is 0 Å². The lowest BCUT2D eigenvalue weighted by Gasteiger charge is -2.28. The Labute approximate surface area is 66.8 Å². The van der Waals surface area contributed by atoms with Gasteiger partial charge in [0.2, 0.25) is 0 Å². The standard InChI is InChI=1S/C10H12O/c1-7(11)10-6-8-2-4-9(10)5-3-8/h2,4,6,8-9H,3,5H2,1H3. The minimum absolute atomic E-state index is 0.254. The number of carbonyl (C=O) groups is 1. The molecule has 3 rings (SSSR count). The third kappa shape index (κ3) is 1.05. The van der Waals surface area contributed by atoms with Crippen LogP contribution in [-0.2, 0) is 4.79 Å². The van der Waals surface area contributed by atoms with Crippen LogP contribution >= 0.6 is 0 Å². The third-order valence-electron chi connectivity index (χ3n) is 2.60. The summed E-state index contributed by atoms with van der Waals surface area (Å²) in [6.07, 6.45) is 8.95. The maximum absolute atomic E-state index is 11.1. The minimum atomic E-state index is 0.254. The van der Waals surface area contributed by atoms with E-state index in [2.05, 4.69) is 18.2 Å². The first-order valence-corrected chi connectivity index (χ1v) is 4.18. The quantitative estimate of drug-likeness (QED) is 0.520. The first kappa shape index (κ1) is 6.84. The van der Waals surface area contributed by atoms with E-state index in [1.165, 1.54) is 12.8 Å². The van der Waals surface area contributed by atoms with Gasteiger partial charge in [-0.15, -0.1) is 0 Å². The molecule has 1 heteroatoms. The van der Waals surface area contributed by atoms with Crippen molar-refractivity contribution in [1.82, 2.24) is 0 Å². The van der Waals surface area contributed by atoms with Gasteiger partial charge in [0.05, 0.1) is 0 Å². The zero-order valence-electron chi connectivity index (χ0n) is 6.71. The number of fused-ring (bicyclic) bond motifs is 1. The normalized spacial score (nSPS) is 33.7. The molecule has 0 aromatic carbocycles. The lowest BCUT2D eigenvalue weighted by atomic mass is 9.75. The fraction of sp³-hybridized carbons (Fsp3) is 0.500. The summed E-state index contributed by atoms with van der Waals surface area (Å²) in [6.45, 7) is 1.67. The van der Waals surface area contributed by atoms with Gasteiger partial charge >= 0.3 is 0 Å². The largest absolute Gasteiger partial charge is 0.295 e. The van der Waals surface area contributed by atoms with Gasteiger partial charge in [0, 0.05) is 5.92 Å². The van der Waals surface area contributed by atoms with E-state index in [0.717, 1.165) is 5.57 Å². The van der Waals surface area contributed by atoms with E-state index in [1.54, 1.807) is 6.92 Å². The van der Waals surface area contributed by atoms with E-state index in [1.807, 2.05) is 0 Å². The van der Waals surface area contributed by atoms with Crippen molar-refractivity contribution in [3.8, 4) is 0 Å². The van der Waals surface area contributed by atoms with E-state index in [-0.39, 0.29) is 5.78 Å². The zero-order valence-corrected chi connectivity index (χ0v) is 6.71. The van der Waals surface area contributed by atoms with Crippen LogP contribution in [0.25, 0.3) is 0 Å². The number of carbonyl (C=O) groups excluding carboxylic acids is 1. The number of hydrogen-bond donors (Lipinski definition) is 0. The van der Waals surface area contributed by atoms with Crippen molar-refractivity contribution in [1.29, 1.82) is 0 Å². The monoisotopic (exact) mass is 148 g/mol. The molecule has 0 N–H and O–H groups in total. The molecule has 0 aliphatic heterocycles. The summed E-state index contributed by atoms with van der Waals surface area (Å²) >= 11 is 0. The van der Waals surface area contributed by atoms with Crippen LogP contribution in [0.2, 0.25) is 0 Å². The molecular formula is C10H12O. The molecule has 2 unspecified atom stereocenters. The van der Waals surface area contributed by atoms with Crippen molar-refractivity contribution >= 4 is 5.78 Å². The molecule has 58 valence electrons. The summed E-state index contributed by atoms with van der Waals surface area (Å²) < 4.78 is 0. The van der Waals surface area contributed by atoms with E-state index in [4.69, 9.17) is 0 Å². The highest BCUT2D eigenvalue weighted by Gasteiger charge is 2.26. The molecule has 3 aliphatic rings. The zero-order chi connectivity index (χ0) is 7.84.